The number of nitrogens with one attached hydrogen (secondary N) is 2. The highest BCUT2D eigenvalue weighted by atomic mass is 35.5. The van der Waals surface area contributed by atoms with Crippen molar-refractivity contribution in [2.75, 3.05) is 50.1 Å². The van der Waals surface area contributed by atoms with Crippen LogP contribution in [0.3, 0.4) is 0 Å². The van der Waals surface area contributed by atoms with E-state index in [1.165, 1.54) is 36.0 Å². The topological polar surface area (TPSA) is 216 Å². The van der Waals surface area contributed by atoms with Crippen molar-refractivity contribution in [2.45, 2.75) is 0 Å². The molecule has 4 amide bonds. The summed E-state index contributed by atoms with van der Waals surface area (Å²) in [6.07, 6.45) is 0. The van der Waals surface area contributed by atoms with Gasteiger partial charge < -0.3 is 37.4 Å². The van der Waals surface area contributed by atoms with Gasteiger partial charge in [0.05, 0.1) is 37.6 Å². The number of likely N-dealkylation sites (N-methyl/N-ethyl adjacent to an activating group) is 2. The molecule has 4 aromatic carbocycles. The Bertz CT molecular complexity index is 1720. The van der Waals surface area contributed by atoms with Crippen LogP contribution in [0.15, 0.2) is 97.1 Å². The minimum atomic E-state index is -0.432. The summed E-state index contributed by atoms with van der Waals surface area (Å²) >= 11 is 12.1. The lowest BCUT2D eigenvalue weighted by molar-refractivity contribution is -0.124. The second-order valence-electron chi connectivity index (χ2n) is 10.6. The van der Waals surface area contributed by atoms with E-state index in [2.05, 4.69) is 10.6 Å². The SMILES string of the molecule is CN(C(=O)CNC(=O)CN)c1ccc(Cl)cc1C(=O)c1ccccc1.CN(C(=O)CNC(=O)CN)c1ccc(Cl)cc1C(=O)c1ccccc1.O. The van der Waals surface area contributed by atoms with E-state index in [0.29, 0.717) is 43.7 Å². The van der Waals surface area contributed by atoms with Crippen molar-refractivity contribution in [1.29, 1.82) is 0 Å². The third kappa shape index (κ3) is 11.8. The van der Waals surface area contributed by atoms with Gasteiger partial charge in [-0.1, -0.05) is 83.9 Å². The van der Waals surface area contributed by atoms with Crippen LogP contribution in [0.4, 0.5) is 11.4 Å². The third-order valence-corrected chi connectivity index (χ3v) is 7.66. The van der Waals surface area contributed by atoms with Crippen molar-refractivity contribution in [3.63, 3.8) is 0 Å². The maximum Gasteiger partial charge on any atom is 0.246 e. The van der Waals surface area contributed by atoms with Crippen LogP contribution in [0.5, 0.6) is 0 Å². The number of amides is 4. The molecule has 13 nitrogen and oxygen atoms in total. The molecule has 0 saturated heterocycles. The van der Waals surface area contributed by atoms with Gasteiger partial charge in [0.1, 0.15) is 0 Å². The zero-order chi connectivity index (χ0) is 36.8. The summed E-state index contributed by atoms with van der Waals surface area (Å²) in [4.78, 5) is 75.1. The lowest BCUT2D eigenvalue weighted by Crippen LogP contribution is -2.40. The molecule has 4 aromatic rings. The van der Waals surface area contributed by atoms with Gasteiger partial charge in [-0.3, -0.25) is 28.8 Å². The average Bonchev–Trinajstić information content (AvgIpc) is 3.15. The highest BCUT2D eigenvalue weighted by Crippen LogP contribution is 2.27. The minimum absolute atomic E-state index is 0. The van der Waals surface area contributed by atoms with Gasteiger partial charge in [-0.25, -0.2) is 0 Å². The number of rotatable bonds is 12. The van der Waals surface area contributed by atoms with E-state index in [1.807, 2.05) is 12.1 Å². The Labute approximate surface area is 304 Å². The van der Waals surface area contributed by atoms with Gasteiger partial charge in [0, 0.05) is 46.4 Å². The van der Waals surface area contributed by atoms with Crippen LogP contribution >= 0.6 is 23.2 Å². The Kier molecular flexibility index (Phi) is 16.6. The molecule has 0 radical (unpaired) electrons. The first kappa shape index (κ1) is 41.7. The van der Waals surface area contributed by atoms with Crippen LogP contribution in [0.2, 0.25) is 10.0 Å². The van der Waals surface area contributed by atoms with Crippen LogP contribution in [-0.2, 0) is 19.2 Å². The monoisotopic (exact) mass is 736 g/mol. The Morgan fingerprint density at radius 3 is 1.22 bits per heavy atom. The van der Waals surface area contributed by atoms with E-state index < -0.39 is 11.8 Å². The first-order valence-electron chi connectivity index (χ1n) is 15.1. The van der Waals surface area contributed by atoms with Crippen molar-refractivity contribution in [3.8, 4) is 0 Å². The quantitative estimate of drug-likeness (QED) is 0.158. The number of carbonyl (C=O) groups excluding carboxylic acids is 6. The zero-order valence-electron chi connectivity index (χ0n) is 27.8. The van der Waals surface area contributed by atoms with E-state index in [4.69, 9.17) is 34.7 Å². The van der Waals surface area contributed by atoms with Gasteiger partial charge in [-0.2, -0.15) is 0 Å². The Morgan fingerprint density at radius 1 is 0.569 bits per heavy atom. The fraction of sp³-hybridized carbons (Fsp3) is 0.167. The molecule has 0 aliphatic rings. The summed E-state index contributed by atoms with van der Waals surface area (Å²) in [6.45, 7) is -0.826. The average molecular weight is 738 g/mol. The van der Waals surface area contributed by atoms with E-state index >= 15 is 0 Å². The molecular weight excluding hydrogens is 699 g/mol. The van der Waals surface area contributed by atoms with Gasteiger partial charge in [-0.05, 0) is 36.4 Å². The molecule has 0 aliphatic heterocycles. The molecule has 0 aromatic heterocycles. The summed E-state index contributed by atoms with van der Waals surface area (Å²) in [5.74, 6) is -2.12. The minimum Gasteiger partial charge on any atom is -0.412 e. The molecule has 0 fully saturated rings. The lowest BCUT2D eigenvalue weighted by atomic mass is 10.0. The number of nitrogens with zero attached hydrogens (tertiary/aromatic N) is 2. The number of anilines is 2. The first-order valence-corrected chi connectivity index (χ1v) is 15.9. The van der Waals surface area contributed by atoms with Gasteiger partial charge in [-0.15, -0.1) is 0 Å². The maximum atomic E-state index is 12.8. The van der Waals surface area contributed by atoms with Crippen LogP contribution in [0.1, 0.15) is 31.8 Å². The first-order chi connectivity index (χ1) is 23.9. The van der Waals surface area contributed by atoms with Gasteiger partial charge in [0.2, 0.25) is 23.6 Å². The van der Waals surface area contributed by atoms with Gasteiger partial charge >= 0.3 is 0 Å². The summed E-state index contributed by atoms with van der Waals surface area (Å²) < 4.78 is 0. The third-order valence-electron chi connectivity index (χ3n) is 7.19. The zero-order valence-corrected chi connectivity index (χ0v) is 29.3. The van der Waals surface area contributed by atoms with E-state index in [1.54, 1.807) is 72.8 Å². The van der Waals surface area contributed by atoms with Gasteiger partial charge in [0.15, 0.2) is 11.6 Å². The summed E-state index contributed by atoms with van der Waals surface area (Å²) in [5, 5.41) is 5.60. The van der Waals surface area contributed by atoms with Crippen molar-refractivity contribution < 1.29 is 34.2 Å². The molecule has 51 heavy (non-hydrogen) atoms. The fourth-order valence-electron chi connectivity index (χ4n) is 4.45. The van der Waals surface area contributed by atoms with Crippen molar-refractivity contribution >= 4 is 69.8 Å². The normalized spacial score (nSPS) is 10.0. The molecule has 0 saturated carbocycles. The number of carbonyl (C=O) groups is 6. The number of nitrogens with two attached hydrogens (primary N) is 2. The number of benzene rings is 4. The summed E-state index contributed by atoms with van der Waals surface area (Å²) in [6, 6.07) is 26.9. The molecule has 8 N–H and O–H groups in total. The molecule has 268 valence electrons. The Hall–Kier alpha value is -5.44. The van der Waals surface area contributed by atoms with Crippen LogP contribution in [0.25, 0.3) is 0 Å². The number of hydrogen-bond acceptors (Lipinski definition) is 8. The molecular formula is C36H38Cl2N6O7. The van der Waals surface area contributed by atoms with Crippen LogP contribution in [0, 0.1) is 0 Å². The molecule has 0 bridgehead atoms. The summed E-state index contributed by atoms with van der Waals surface area (Å²) in [5.41, 5.74) is 12.8. The lowest BCUT2D eigenvalue weighted by Gasteiger charge is -2.21. The molecule has 4 rings (SSSR count). The van der Waals surface area contributed by atoms with Crippen LogP contribution < -0.4 is 31.9 Å². The number of hydrogen-bond donors (Lipinski definition) is 4. The Balaban J connectivity index is 0.000000347. The fourth-order valence-corrected chi connectivity index (χ4v) is 4.80. The van der Waals surface area contributed by atoms with Crippen LogP contribution in [-0.4, -0.2) is 80.9 Å². The van der Waals surface area contributed by atoms with E-state index in [0.717, 1.165) is 0 Å². The van der Waals surface area contributed by atoms with E-state index in [9.17, 15) is 28.8 Å². The highest BCUT2D eigenvalue weighted by Gasteiger charge is 2.22. The predicted octanol–water partition coefficient (Wildman–Crippen LogP) is 2.39. The maximum absolute atomic E-state index is 12.8. The molecule has 0 unspecified atom stereocenters. The van der Waals surface area contributed by atoms with Crippen molar-refractivity contribution in [2.24, 2.45) is 11.5 Å². The molecule has 0 atom stereocenters. The molecule has 15 heteroatoms. The second kappa shape index (κ2) is 20.3. The largest absolute Gasteiger partial charge is 0.412 e. The smallest absolute Gasteiger partial charge is 0.246 e. The highest BCUT2D eigenvalue weighted by molar-refractivity contribution is 6.32. The molecule has 0 heterocycles. The van der Waals surface area contributed by atoms with Crippen molar-refractivity contribution in [3.05, 3.63) is 129 Å². The predicted molar refractivity (Wildman–Crippen MR) is 197 cm³/mol. The Morgan fingerprint density at radius 2 is 0.902 bits per heavy atom. The van der Waals surface area contributed by atoms with Crippen molar-refractivity contribution in [1.82, 2.24) is 10.6 Å². The van der Waals surface area contributed by atoms with E-state index in [-0.39, 0.29) is 55.0 Å². The number of halogens is 2. The summed E-state index contributed by atoms with van der Waals surface area (Å²) in [7, 11) is 3.06. The van der Waals surface area contributed by atoms with Gasteiger partial charge in [0.25, 0.3) is 0 Å². The molecule has 0 spiro atoms. The second-order valence-corrected chi connectivity index (χ2v) is 11.5. The molecule has 0 aliphatic carbocycles. The number of ketones is 2. The standard InChI is InChI=1S/2C18H18ClN3O3.H2O/c2*1-22(17(24)11-21-16(23)10-20)15-8-7-13(19)9-14(15)18(25)12-5-3-2-4-6-12;/h2*2-9H,10-11,20H2,1H3,(H,21,23);1H2.